The van der Waals surface area contributed by atoms with Crippen molar-refractivity contribution in [2.24, 2.45) is 13.0 Å². The Morgan fingerprint density at radius 3 is 2.50 bits per heavy atom. The van der Waals surface area contributed by atoms with Crippen molar-refractivity contribution in [1.82, 2.24) is 14.3 Å². The molecule has 2 rings (SSSR count). The van der Waals surface area contributed by atoms with Crippen molar-refractivity contribution in [3.05, 3.63) is 56.9 Å². The molecule has 0 radical (unpaired) electrons. The molecule has 1 heterocycles. The molecular weight excluding hydrogens is 230 g/mol. The Bertz CT molecular complexity index is 636. The van der Waals surface area contributed by atoms with E-state index in [1.54, 1.807) is 0 Å². The van der Waals surface area contributed by atoms with Crippen molar-refractivity contribution in [3.8, 4) is 0 Å². The normalized spacial score (nSPS) is 22.2. The van der Waals surface area contributed by atoms with Gasteiger partial charge < -0.3 is 0 Å². The standard InChI is InChI=1S/C13H17N3O2/c1-9(2)8-10-6-4-5-7-11(10)16-13(18)15(3)12(17)14-16/h4-8,10-11H,1-3H3,(H,14,17)/t10-,11+/m1/s1. The number of nitrogens with one attached hydrogen (secondary N) is 1. The van der Waals surface area contributed by atoms with Gasteiger partial charge in [-0.1, -0.05) is 36.0 Å². The molecule has 5 heteroatoms. The Morgan fingerprint density at radius 1 is 1.28 bits per heavy atom. The van der Waals surface area contributed by atoms with Crippen LogP contribution in [0.5, 0.6) is 0 Å². The number of hydrogen-bond donors (Lipinski definition) is 1. The zero-order valence-electron chi connectivity index (χ0n) is 10.8. The van der Waals surface area contributed by atoms with Crippen LogP contribution in [0.25, 0.3) is 0 Å². The Kier molecular flexibility index (Phi) is 3.23. The Morgan fingerprint density at radius 2 is 1.94 bits per heavy atom. The summed E-state index contributed by atoms with van der Waals surface area (Å²) >= 11 is 0. The fourth-order valence-corrected chi connectivity index (χ4v) is 2.09. The molecule has 18 heavy (non-hydrogen) atoms. The summed E-state index contributed by atoms with van der Waals surface area (Å²) in [5.41, 5.74) is 0.465. The van der Waals surface area contributed by atoms with Crippen LogP contribution in [0.3, 0.4) is 0 Å². The highest BCUT2D eigenvalue weighted by molar-refractivity contribution is 5.21. The third-order valence-corrected chi connectivity index (χ3v) is 2.98. The van der Waals surface area contributed by atoms with E-state index in [9.17, 15) is 9.59 Å². The molecule has 0 spiro atoms. The van der Waals surface area contributed by atoms with Gasteiger partial charge in [-0.3, -0.25) is 0 Å². The van der Waals surface area contributed by atoms with Gasteiger partial charge in [0.1, 0.15) is 0 Å². The van der Waals surface area contributed by atoms with E-state index in [1.165, 1.54) is 17.3 Å². The van der Waals surface area contributed by atoms with Gasteiger partial charge in [0, 0.05) is 13.0 Å². The minimum absolute atomic E-state index is 0.0794. The molecule has 5 nitrogen and oxygen atoms in total. The molecule has 0 aliphatic heterocycles. The first kappa shape index (κ1) is 12.4. The molecule has 1 aromatic rings. The number of rotatable bonds is 2. The largest absolute Gasteiger partial charge is 0.347 e. The second-order valence-corrected chi connectivity index (χ2v) is 4.71. The highest BCUT2D eigenvalue weighted by atomic mass is 16.2. The number of aromatic nitrogens is 3. The SMILES string of the molecule is CC(C)=C[C@H]1C=CC=C[C@@H]1n1[nH]c(=O)n(C)c1=O. The van der Waals surface area contributed by atoms with Crippen LogP contribution in [-0.4, -0.2) is 14.3 Å². The number of H-pyrrole nitrogens is 1. The minimum Gasteiger partial charge on any atom is -0.246 e. The lowest BCUT2D eigenvalue weighted by molar-refractivity contribution is 0.453. The molecule has 0 fully saturated rings. The average molecular weight is 247 g/mol. The summed E-state index contributed by atoms with van der Waals surface area (Å²) in [6.45, 7) is 4.03. The minimum atomic E-state index is -0.390. The average Bonchev–Trinajstić information content (AvgIpc) is 2.57. The monoisotopic (exact) mass is 247 g/mol. The molecule has 1 aliphatic rings. The van der Waals surface area contributed by atoms with Crippen molar-refractivity contribution in [2.75, 3.05) is 0 Å². The van der Waals surface area contributed by atoms with E-state index in [0.29, 0.717) is 0 Å². The first-order valence-electron chi connectivity index (χ1n) is 5.88. The lowest BCUT2D eigenvalue weighted by Gasteiger charge is -2.21. The van der Waals surface area contributed by atoms with Crippen LogP contribution in [0.1, 0.15) is 19.9 Å². The molecule has 0 bridgehead atoms. The summed E-state index contributed by atoms with van der Waals surface area (Å²) in [5.74, 6) is 0.0794. The van der Waals surface area contributed by atoms with Gasteiger partial charge in [-0.2, -0.15) is 0 Å². The van der Waals surface area contributed by atoms with Gasteiger partial charge in [0.15, 0.2) is 0 Å². The van der Waals surface area contributed by atoms with Crippen molar-refractivity contribution in [3.63, 3.8) is 0 Å². The molecule has 1 aliphatic carbocycles. The fourth-order valence-electron chi connectivity index (χ4n) is 2.09. The van der Waals surface area contributed by atoms with Crippen LogP contribution in [0.4, 0.5) is 0 Å². The van der Waals surface area contributed by atoms with Crippen molar-refractivity contribution < 1.29 is 0 Å². The zero-order chi connectivity index (χ0) is 13.3. The van der Waals surface area contributed by atoms with Gasteiger partial charge in [-0.05, 0) is 13.8 Å². The number of aromatic amines is 1. The molecule has 96 valence electrons. The summed E-state index contributed by atoms with van der Waals surface area (Å²) in [6, 6.07) is -0.175. The molecule has 0 saturated heterocycles. The number of allylic oxidation sites excluding steroid dienone is 6. The highest BCUT2D eigenvalue weighted by Crippen LogP contribution is 2.24. The van der Waals surface area contributed by atoms with Gasteiger partial charge in [0.05, 0.1) is 6.04 Å². The zero-order valence-corrected chi connectivity index (χ0v) is 10.8. The van der Waals surface area contributed by atoms with E-state index in [1.807, 2.05) is 38.2 Å². The molecule has 1 N–H and O–H groups in total. The van der Waals surface area contributed by atoms with E-state index in [4.69, 9.17) is 0 Å². The van der Waals surface area contributed by atoms with Crippen molar-refractivity contribution in [1.29, 1.82) is 0 Å². The van der Waals surface area contributed by atoms with Gasteiger partial charge in [-0.15, -0.1) is 0 Å². The second-order valence-electron chi connectivity index (χ2n) is 4.71. The molecule has 0 aromatic carbocycles. The highest BCUT2D eigenvalue weighted by Gasteiger charge is 2.21. The van der Waals surface area contributed by atoms with E-state index >= 15 is 0 Å². The van der Waals surface area contributed by atoms with Crippen LogP contribution in [-0.2, 0) is 7.05 Å². The predicted octanol–water partition coefficient (Wildman–Crippen LogP) is 1.12. The number of nitrogens with zero attached hydrogens (tertiary/aromatic N) is 2. The Balaban J connectivity index is 2.48. The van der Waals surface area contributed by atoms with Crippen molar-refractivity contribution in [2.45, 2.75) is 19.9 Å². The van der Waals surface area contributed by atoms with E-state index in [0.717, 1.165) is 4.57 Å². The van der Waals surface area contributed by atoms with Crippen LogP contribution in [0, 0.1) is 5.92 Å². The molecule has 2 atom stereocenters. The summed E-state index contributed by atoms with van der Waals surface area (Å²) in [6.07, 6.45) is 9.86. The van der Waals surface area contributed by atoms with Gasteiger partial charge in [-0.25, -0.2) is 23.9 Å². The first-order valence-corrected chi connectivity index (χ1v) is 5.88. The lowest BCUT2D eigenvalue weighted by atomic mass is 9.93. The van der Waals surface area contributed by atoms with Gasteiger partial charge >= 0.3 is 11.4 Å². The summed E-state index contributed by atoms with van der Waals surface area (Å²) in [4.78, 5) is 23.4. The van der Waals surface area contributed by atoms with Crippen LogP contribution in [0.15, 0.2) is 45.5 Å². The topological polar surface area (TPSA) is 59.8 Å². The third-order valence-electron chi connectivity index (χ3n) is 2.98. The van der Waals surface area contributed by atoms with E-state index < -0.39 is 0 Å². The van der Waals surface area contributed by atoms with Crippen LogP contribution >= 0.6 is 0 Å². The molecule has 1 aromatic heterocycles. The molecule has 0 saturated carbocycles. The van der Waals surface area contributed by atoms with Crippen LogP contribution < -0.4 is 11.4 Å². The number of hydrogen-bond acceptors (Lipinski definition) is 2. The third kappa shape index (κ3) is 2.16. The van der Waals surface area contributed by atoms with Crippen molar-refractivity contribution >= 4 is 0 Å². The summed E-state index contributed by atoms with van der Waals surface area (Å²) in [5, 5.41) is 2.58. The smallest absolute Gasteiger partial charge is 0.246 e. The predicted molar refractivity (Wildman–Crippen MR) is 70.5 cm³/mol. The molecule has 0 unspecified atom stereocenters. The van der Waals surface area contributed by atoms with Crippen LogP contribution in [0.2, 0.25) is 0 Å². The van der Waals surface area contributed by atoms with E-state index in [-0.39, 0.29) is 23.3 Å². The quantitative estimate of drug-likeness (QED) is 0.796. The Hall–Kier alpha value is -2.04. The lowest BCUT2D eigenvalue weighted by Crippen LogP contribution is -2.30. The fraction of sp³-hybridized carbons (Fsp3) is 0.385. The maximum atomic E-state index is 11.9. The molecular formula is C13H17N3O2. The van der Waals surface area contributed by atoms with E-state index in [2.05, 4.69) is 11.2 Å². The Labute approximate surface area is 105 Å². The second kappa shape index (κ2) is 4.68. The van der Waals surface area contributed by atoms with Gasteiger partial charge in [0.25, 0.3) is 0 Å². The van der Waals surface area contributed by atoms with Gasteiger partial charge in [0.2, 0.25) is 0 Å². The maximum absolute atomic E-state index is 11.9. The maximum Gasteiger partial charge on any atom is 0.347 e. The summed E-state index contributed by atoms with van der Waals surface area (Å²) < 4.78 is 2.46. The first-order chi connectivity index (χ1) is 8.50. The molecule has 0 amide bonds. The summed E-state index contributed by atoms with van der Waals surface area (Å²) in [7, 11) is 1.47.